The monoisotopic (exact) mass is 152 g/mol. The van der Waals surface area contributed by atoms with E-state index in [0.29, 0.717) is 0 Å². The third-order valence-electron chi connectivity index (χ3n) is 0.454. The lowest BCUT2D eigenvalue weighted by Crippen LogP contribution is -2.28. The van der Waals surface area contributed by atoms with Crippen LogP contribution in [0.25, 0.3) is 0 Å². The molecule has 1 atom stereocenters. The van der Waals surface area contributed by atoms with Crippen molar-refractivity contribution in [1.82, 2.24) is 5.64 Å². The Labute approximate surface area is 53.5 Å². The van der Waals surface area contributed by atoms with Gasteiger partial charge in [-0.25, -0.2) is 4.84 Å². The van der Waals surface area contributed by atoms with Crippen LogP contribution in [-0.4, -0.2) is 11.3 Å². The fourth-order valence-electron chi connectivity index (χ4n) is 0.181. The summed E-state index contributed by atoms with van der Waals surface area (Å²) >= 11 is 0. The van der Waals surface area contributed by atoms with Crippen molar-refractivity contribution in [2.75, 3.05) is 0 Å². The van der Waals surface area contributed by atoms with Crippen LogP contribution in [0, 0.1) is 20.2 Å². The summed E-state index contributed by atoms with van der Waals surface area (Å²) in [5.41, 5.74) is 0.718. The van der Waals surface area contributed by atoms with Gasteiger partial charge in [-0.05, 0) is 0 Å². The molecule has 0 bridgehead atoms. The van der Waals surface area contributed by atoms with Crippen molar-refractivity contribution in [3.63, 3.8) is 0 Å². The molecule has 58 valence electrons. The maximum absolute atomic E-state index is 9.66. The molecule has 0 saturated heterocycles. The molecule has 1 unspecified atom stereocenters. The summed E-state index contributed by atoms with van der Waals surface area (Å²) in [5.74, 6) is 0. The first kappa shape index (κ1) is 8.68. The molecule has 9 nitrogen and oxygen atoms in total. The molecule has 0 rings (SSSR count). The number of hydrogen-bond donors (Lipinski definition) is 1. The van der Waals surface area contributed by atoms with E-state index in [-0.39, 0.29) is 0 Å². The highest BCUT2D eigenvalue weighted by Crippen LogP contribution is 1.92. The summed E-state index contributed by atoms with van der Waals surface area (Å²) in [4.78, 5) is 24.7. The summed E-state index contributed by atoms with van der Waals surface area (Å²) in [7, 11) is 0. The Balaban J connectivity index is 3.71. The van der Waals surface area contributed by atoms with Gasteiger partial charge in [0.15, 0.2) is 5.34 Å². The number of rotatable bonds is 5. The summed E-state index contributed by atoms with van der Waals surface area (Å²) < 4.78 is 0. The lowest BCUT2D eigenvalue weighted by Gasteiger charge is -2.08. The van der Waals surface area contributed by atoms with Gasteiger partial charge in [-0.1, -0.05) is 0 Å². The van der Waals surface area contributed by atoms with E-state index in [1.165, 1.54) is 0 Å². The highest BCUT2D eigenvalue weighted by Gasteiger charge is 2.21. The molecule has 0 heterocycles. The largest absolute Gasteiger partial charge is 0.765 e. The molecule has 1 N–H and O–H groups in total. The minimum atomic E-state index is -2.20. The summed E-state index contributed by atoms with van der Waals surface area (Å²) in [6.07, 6.45) is -2.20. The van der Waals surface area contributed by atoms with Crippen LogP contribution in [0.15, 0.2) is 5.34 Å². The Morgan fingerprint density at radius 1 is 1.70 bits per heavy atom. The third-order valence-corrected chi connectivity index (χ3v) is 0.454. The Kier molecular flexibility index (Phi) is 3.95. The fraction of sp³-hybridized carbons (Fsp3) is 1.00. The average molecular weight is 152 g/mol. The maximum Gasteiger partial charge on any atom is 0.510 e. The molecule has 0 aliphatic heterocycles. The number of nitrogens with one attached hydrogen (secondary N) is 1. The summed E-state index contributed by atoms with van der Waals surface area (Å²) in [6, 6.07) is 0. The molecule has 0 aromatic rings. The summed E-state index contributed by atoms with van der Waals surface area (Å²) in [6.45, 7) is 0. The molecule has 0 saturated carbocycles. The summed E-state index contributed by atoms with van der Waals surface area (Å²) in [5, 5.41) is 20.7. The SMILES string of the molecule is O=NOC(ON[O-])[N+](=O)[O-]. The van der Waals surface area contributed by atoms with Crippen molar-refractivity contribution >= 4 is 0 Å². The molecule has 10 heavy (non-hydrogen) atoms. The van der Waals surface area contributed by atoms with Crippen molar-refractivity contribution in [1.29, 1.82) is 0 Å². The van der Waals surface area contributed by atoms with Crippen molar-refractivity contribution < 1.29 is 14.6 Å². The lowest BCUT2D eigenvalue weighted by atomic mass is 11.2. The molecule has 0 aromatic carbocycles. The highest BCUT2D eigenvalue weighted by molar-refractivity contribution is 4.20. The minimum Gasteiger partial charge on any atom is -0.765 e. The first-order valence-electron chi connectivity index (χ1n) is 1.87. The Morgan fingerprint density at radius 2 is 2.30 bits per heavy atom. The van der Waals surface area contributed by atoms with Gasteiger partial charge in [0, 0.05) is 0 Å². The van der Waals surface area contributed by atoms with Crippen LogP contribution in [0.2, 0.25) is 0 Å². The standard InChI is InChI=1S/CH2N3O6/c5-2-9-1(4(7)8)10-3-6/h1-2H/q-1. The van der Waals surface area contributed by atoms with Crippen molar-refractivity contribution in [2.45, 2.75) is 6.41 Å². The molecule has 0 amide bonds. The van der Waals surface area contributed by atoms with E-state index in [0.717, 1.165) is 5.64 Å². The average Bonchev–Trinajstić information content (AvgIpc) is 1.87. The van der Waals surface area contributed by atoms with Crippen LogP contribution in [0.5, 0.6) is 0 Å². The van der Waals surface area contributed by atoms with E-state index in [1.807, 2.05) is 0 Å². The normalized spacial score (nSPS) is 12.1. The predicted molar refractivity (Wildman–Crippen MR) is 25.3 cm³/mol. The molecule has 0 aliphatic rings. The van der Waals surface area contributed by atoms with E-state index in [4.69, 9.17) is 0 Å². The van der Waals surface area contributed by atoms with E-state index in [1.54, 1.807) is 5.34 Å². The first-order valence-corrected chi connectivity index (χ1v) is 1.87. The molecule has 0 aliphatic carbocycles. The number of nitro groups is 1. The van der Waals surface area contributed by atoms with E-state index >= 15 is 0 Å². The van der Waals surface area contributed by atoms with Gasteiger partial charge in [-0.15, -0.1) is 4.91 Å². The topological polar surface area (TPSA) is 126 Å². The maximum atomic E-state index is 9.66. The van der Waals surface area contributed by atoms with E-state index in [2.05, 4.69) is 9.68 Å². The van der Waals surface area contributed by atoms with Gasteiger partial charge in [0.2, 0.25) is 0 Å². The molecular weight excluding hydrogens is 150 g/mol. The number of hydrogen-bond acceptors (Lipinski definition) is 8. The zero-order valence-electron chi connectivity index (χ0n) is 4.42. The van der Waals surface area contributed by atoms with Gasteiger partial charge in [0.1, 0.15) is 0 Å². The quantitative estimate of drug-likeness (QED) is 0.238. The van der Waals surface area contributed by atoms with Crippen LogP contribution < -0.4 is 5.64 Å². The van der Waals surface area contributed by atoms with Gasteiger partial charge in [-0.3, -0.25) is 20.6 Å². The third kappa shape index (κ3) is 2.86. The van der Waals surface area contributed by atoms with E-state index < -0.39 is 11.3 Å². The van der Waals surface area contributed by atoms with Crippen LogP contribution >= 0.6 is 0 Å². The zero-order valence-corrected chi connectivity index (χ0v) is 4.42. The predicted octanol–water partition coefficient (Wildman–Crippen LogP) is -0.736. The first-order chi connectivity index (χ1) is 4.72. The van der Waals surface area contributed by atoms with Gasteiger partial charge in [0.25, 0.3) is 0 Å². The molecule has 0 fully saturated rings. The van der Waals surface area contributed by atoms with Crippen LogP contribution in [0.4, 0.5) is 0 Å². The second-order valence-corrected chi connectivity index (χ2v) is 0.974. The Morgan fingerprint density at radius 3 is 2.60 bits per heavy atom. The van der Waals surface area contributed by atoms with Crippen molar-refractivity contribution in [3.05, 3.63) is 20.2 Å². The molecule has 0 radical (unpaired) electrons. The van der Waals surface area contributed by atoms with Crippen molar-refractivity contribution in [2.24, 2.45) is 5.34 Å². The van der Waals surface area contributed by atoms with Gasteiger partial charge in [-0.2, -0.15) is 0 Å². The van der Waals surface area contributed by atoms with Crippen LogP contribution in [0.3, 0.4) is 0 Å². The van der Waals surface area contributed by atoms with Crippen LogP contribution in [0.1, 0.15) is 0 Å². The molecular formula is CH2N3O6-. The van der Waals surface area contributed by atoms with Crippen molar-refractivity contribution in [3.8, 4) is 0 Å². The van der Waals surface area contributed by atoms with Gasteiger partial charge >= 0.3 is 6.41 Å². The smallest absolute Gasteiger partial charge is 0.510 e. The molecule has 9 heteroatoms. The van der Waals surface area contributed by atoms with E-state index in [9.17, 15) is 20.2 Å². The minimum absolute atomic E-state index is 0.718. The number of nitrogens with zero attached hydrogens (tertiary/aromatic N) is 2. The lowest BCUT2D eigenvalue weighted by molar-refractivity contribution is -0.639. The van der Waals surface area contributed by atoms with Gasteiger partial charge < -0.3 is 5.21 Å². The van der Waals surface area contributed by atoms with Crippen LogP contribution in [-0.2, 0) is 9.68 Å². The Bertz CT molecular complexity index is 124. The van der Waals surface area contributed by atoms with Gasteiger partial charge in [0.05, 0.1) is 4.92 Å². The molecule has 0 spiro atoms. The fourth-order valence-corrected chi connectivity index (χ4v) is 0.181. The molecule has 0 aromatic heterocycles. The highest BCUT2D eigenvalue weighted by atomic mass is 17.0. The zero-order chi connectivity index (χ0) is 7.98. The second-order valence-electron chi connectivity index (χ2n) is 0.974. The second kappa shape index (κ2) is 4.55. The Hall–Kier alpha value is -1.32.